The summed E-state index contributed by atoms with van der Waals surface area (Å²) < 4.78 is 0. The molecular formula is C18H25NS. The van der Waals surface area contributed by atoms with Gasteiger partial charge in [-0.3, -0.25) is 0 Å². The van der Waals surface area contributed by atoms with Crippen LogP contribution in [0.25, 0.3) is 0 Å². The highest BCUT2D eigenvalue weighted by atomic mass is 32.1. The molecule has 2 rings (SSSR count). The fourth-order valence-corrected chi connectivity index (χ4v) is 3.52. The van der Waals surface area contributed by atoms with Crippen molar-refractivity contribution in [1.82, 2.24) is 5.32 Å². The van der Waals surface area contributed by atoms with E-state index >= 15 is 0 Å². The average Bonchev–Trinajstić information content (AvgIpc) is 3.02. The lowest BCUT2D eigenvalue weighted by atomic mass is 9.74. The molecular weight excluding hydrogens is 262 g/mol. The zero-order chi connectivity index (χ0) is 14.3. The van der Waals surface area contributed by atoms with Crippen LogP contribution in [0, 0.1) is 0 Å². The van der Waals surface area contributed by atoms with Gasteiger partial charge in [0.1, 0.15) is 0 Å². The zero-order valence-electron chi connectivity index (χ0n) is 12.6. The number of likely N-dealkylation sites (N-methyl/N-ethyl adjacent to an activating group) is 1. The monoisotopic (exact) mass is 287 g/mol. The molecule has 1 aromatic carbocycles. The van der Waals surface area contributed by atoms with Crippen LogP contribution in [0.5, 0.6) is 0 Å². The van der Waals surface area contributed by atoms with Gasteiger partial charge in [0.15, 0.2) is 0 Å². The molecule has 1 atom stereocenters. The van der Waals surface area contributed by atoms with E-state index in [2.05, 4.69) is 66.3 Å². The van der Waals surface area contributed by atoms with Gasteiger partial charge in [0.25, 0.3) is 0 Å². The van der Waals surface area contributed by atoms with E-state index in [1.165, 1.54) is 24.0 Å². The summed E-state index contributed by atoms with van der Waals surface area (Å²) in [5, 5.41) is 8.02. The molecule has 0 fully saturated rings. The lowest BCUT2D eigenvalue weighted by Gasteiger charge is -2.34. The van der Waals surface area contributed by atoms with Crippen molar-refractivity contribution in [2.24, 2.45) is 0 Å². The fraction of sp³-hybridized carbons (Fsp3) is 0.444. The van der Waals surface area contributed by atoms with Crippen LogP contribution in [0.2, 0.25) is 0 Å². The van der Waals surface area contributed by atoms with Gasteiger partial charge in [0.2, 0.25) is 0 Å². The van der Waals surface area contributed by atoms with E-state index in [1.54, 1.807) is 11.3 Å². The topological polar surface area (TPSA) is 12.0 Å². The Labute approximate surface area is 127 Å². The molecule has 0 saturated heterocycles. The second-order valence-electron chi connectivity index (χ2n) is 5.41. The number of aryl methyl sites for hydroxylation is 1. The number of nitrogens with one attached hydrogen (secondary N) is 1. The van der Waals surface area contributed by atoms with Crippen molar-refractivity contribution >= 4 is 11.3 Å². The normalized spacial score (nSPS) is 14.1. The van der Waals surface area contributed by atoms with E-state index in [0.29, 0.717) is 0 Å². The van der Waals surface area contributed by atoms with Crippen LogP contribution < -0.4 is 5.32 Å². The summed E-state index contributed by atoms with van der Waals surface area (Å²) >= 11 is 1.80. The van der Waals surface area contributed by atoms with Gasteiger partial charge >= 0.3 is 0 Å². The standard InChI is InChI=1S/C18H25NS/c1-3-18(15-19-4-2,17-8-6-5-7-9-17)12-10-16-11-13-20-14-16/h5-9,11,13-14,19H,3-4,10,12,15H2,1-2H3. The number of hydrogen-bond donors (Lipinski definition) is 1. The van der Waals surface area contributed by atoms with E-state index in [-0.39, 0.29) is 5.41 Å². The van der Waals surface area contributed by atoms with Crippen LogP contribution in [-0.2, 0) is 11.8 Å². The highest BCUT2D eigenvalue weighted by Crippen LogP contribution is 2.32. The van der Waals surface area contributed by atoms with E-state index in [0.717, 1.165) is 19.5 Å². The Kier molecular flexibility index (Phi) is 5.81. The van der Waals surface area contributed by atoms with Gasteiger partial charge in [-0.1, -0.05) is 44.2 Å². The van der Waals surface area contributed by atoms with Gasteiger partial charge < -0.3 is 5.32 Å². The quantitative estimate of drug-likeness (QED) is 0.746. The molecule has 0 bridgehead atoms. The van der Waals surface area contributed by atoms with Crippen molar-refractivity contribution in [2.45, 2.75) is 38.5 Å². The molecule has 1 heterocycles. The molecule has 2 aromatic rings. The Morgan fingerprint density at radius 2 is 1.90 bits per heavy atom. The summed E-state index contributed by atoms with van der Waals surface area (Å²) in [6, 6.07) is 13.3. The van der Waals surface area contributed by atoms with Crippen LogP contribution in [0.15, 0.2) is 47.2 Å². The van der Waals surface area contributed by atoms with Crippen LogP contribution in [-0.4, -0.2) is 13.1 Å². The van der Waals surface area contributed by atoms with Crippen LogP contribution in [0.1, 0.15) is 37.8 Å². The van der Waals surface area contributed by atoms with Gasteiger partial charge in [-0.25, -0.2) is 0 Å². The Balaban J connectivity index is 2.17. The number of benzene rings is 1. The molecule has 108 valence electrons. The summed E-state index contributed by atoms with van der Waals surface area (Å²) in [5.41, 5.74) is 3.19. The molecule has 1 unspecified atom stereocenters. The second kappa shape index (κ2) is 7.61. The first-order chi connectivity index (χ1) is 9.80. The predicted octanol–water partition coefficient (Wildman–Crippen LogP) is 4.64. The number of rotatable bonds is 8. The molecule has 0 aliphatic heterocycles. The van der Waals surface area contributed by atoms with Crippen LogP contribution in [0.4, 0.5) is 0 Å². The van der Waals surface area contributed by atoms with Gasteiger partial charge in [-0.05, 0) is 53.8 Å². The highest BCUT2D eigenvalue weighted by Gasteiger charge is 2.29. The van der Waals surface area contributed by atoms with Crippen LogP contribution >= 0.6 is 11.3 Å². The maximum absolute atomic E-state index is 3.57. The minimum Gasteiger partial charge on any atom is -0.316 e. The molecule has 0 amide bonds. The third-order valence-electron chi connectivity index (χ3n) is 4.25. The molecule has 0 saturated carbocycles. The Morgan fingerprint density at radius 3 is 2.50 bits per heavy atom. The SMILES string of the molecule is CCNCC(CC)(CCc1ccsc1)c1ccccc1. The van der Waals surface area contributed by atoms with Crippen LogP contribution in [0.3, 0.4) is 0 Å². The number of hydrogen-bond acceptors (Lipinski definition) is 2. The van der Waals surface area contributed by atoms with Crippen molar-refractivity contribution < 1.29 is 0 Å². The van der Waals surface area contributed by atoms with Crippen molar-refractivity contribution in [3.8, 4) is 0 Å². The minimum atomic E-state index is 0.249. The smallest absolute Gasteiger partial charge is 0.00783 e. The Morgan fingerprint density at radius 1 is 1.10 bits per heavy atom. The van der Waals surface area contributed by atoms with Crippen molar-refractivity contribution in [3.63, 3.8) is 0 Å². The lowest BCUT2D eigenvalue weighted by Crippen LogP contribution is -2.38. The Hall–Kier alpha value is -1.12. The van der Waals surface area contributed by atoms with E-state index in [4.69, 9.17) is 0 Å². The van der Waals surface area contributed by atoms with Crippen molar-refractivity contribution in [3.05, 3.63) is 58.3 Å². The van der Waals surface area contributed by atoms with Gasteiger partial charge in [0, 0.05) is 12.0 Å². The van der Waals surface area contributed by atoms with Crippen molar-refractivity contribution in [1.29, 1.82) is 0 Å². The summed E-state index contributed by atoms with van der Waals surface area (Å²) in [4.78, 5) is 0. The van der Waals surface area contributed by atoms with E-state index in [9.17, 15) is 0 Å². The van der Waals surface area contributed by atoms with E-state index < -0.39 is 0 Å². The van der Waals surface area contributed by atoms with Crippen molar-refractivity contribution in [2.75, 3.05) is 13.1 Å². The molecule has 2 heteroatoms. The minimum absolute atomic E-state index is 0.249. The molecule has 1 N–H and O–H groups in total. The molecule has 0 aliphatic rings. The third kappa shape index (κ3) is 3.71. The number of thiophene rings is 1. The highest BCUT2D eigenvalue weighted by molar-refractivity contribution is 7.07. The predicted molar refractivity (Wildman–Crippen MR) is 89.6 cm³/mol. The summed E-state index contributed by atoms with van der Waals surface area (Å²) in [6.45, 7) is 6.60. The van der Waals surface area contributed by atoms with E-state index in [1.807, 2.05) is 0 Å². The largest absolute Gasteiger partial charge is 0.316 e. The first-order valence-corrected chi connectivity index (χ1v) is 8.52. The fourth-order valence-electron chi connectivity index (χ4n) is 2.82. The zero-order valence-corrected chi connectivity index (χ0v) is 13.4. The average molecular weight is 287 g/mol. The van der Waals surface area contributed by atoms with Gasteiger partial charge in [0.05, 0.1) is 0 Å². The second-order valence-corrected chi connectivity index (χ2v) is 6.19. The molecule has 0 radical (unpaired) electrons. The first-order valence-electron chi connectivity index (χ1n) is 7.58. The summed E-state index contributed by atoms with van der Waals surface area (Å²) in [7, 11) is 0. The first kappa shape index (κ1) is 15.3. The maximum Gasteiger partial charge on any atom is 0.00783 e. The molecule has 0 aliphatic carbocycles. The lowest BCUT2D eigenvalue weighted by molar-refractivity contribution is 0.358. The Bertz CT molecular complexity index is 477. The van der Waals surface area contributed by atoms with Gasteiger partial charge in [-0.2, -0.15) is 11.3 Å². The molecule has 1 nitrogen and oxygen atoms in total. The summed E-state index contributed by atoms with van der Waals surface area (Å²) in [5.74, 6) is 0. The summed E-state index contributed by atoms with van der Waals surface area (Å²) in [6.07, 6.45) is 3.54. The molecule has 1 aromatic heterocycles. The van der Waals surface area contributed by atoms with Gasteiger partial charge in [-0.15, -0.1) is 0 Å². The maximum atomic E-state index is 3.57. The molecule has 0 spiro atoms. The molecule has 20 heavy (non-hydrogen) atoms. The third-order valence-corrected chi connectivity index (χ3v) is 4.98.